The van der Waals surface area contributed by atoms with E-state index in [-0.39, 0.29) is 5.91 Å². The summed E-state index contributed by atoms with van der Waals surface area (Å²) < 4.78 is 7.30. The molecule has 6 nitrogen and oxygen atoms in total. The fourth-order valence-corrected chi connectivity index (χ4v) is 3.82. The fourth-order valence-electron chi connectivity index (χ4n) is 2.93. The molecular formula is C19H18N4O2S. The Bertz CT molecular complexity index is 1070. The molecule has 0 aliphatic carbocycles. The topological polar surface area (TPSA) is 63.6 Å². The molecule has 3 aromatic heterocycles. The van der Waals surface area contributed by atoms with Crippen molar-refractivity contribution in [2.75, 3.05) is 12.8 Å². The van der Waals surface area contributed by atoms with Crippen LogP contribution in [0.1, 0.15) is 11.3 Å². The lowest BCUT2D eigenvalue weighted by Crippen LogP contribution is -2.27. The van der Waals surface area contributed by atoms with Gasteiger partial charge in [-0.25, -0.2) is 0 Å². The summed E-state index contributed by atoms with van der Waals surface area (Å²) in [5.41, 5.74) is 3.00. The van der Waals surface area contributed by atoms with Gasteiger partial charge in [0.05, 0.1) is 24.1 Å². The zero-order valence-corrected chi connectivity index (χ0v) is 15.4. The molecule has 3 heterocycles. The molecular weight excluding hydrogens is 348 g/mol. The Hall–Kier alpha value is -2.80. The highest BCUT2D eigenvalue weighted by molar-refractivity contribution is 7.99. The number of benzene rings is 1. The maximum atomic E-state index is 12.4. The van der Waals surface area contributed by atoms with Crippen molar-refractivity contribution in [3.05, 3.63) is 60.1 Å². The molecule has 0 spiro atoms. The van der Waals surface area contributed by atoms with E-state index in [2.05, 4.69) is 23.2 Å². The molecule has 0 aliphatic rings. The van der Waals surface area contributed by atoms with Crippen molar-refractivity contribution >= 4 is 34.2 Å². The molecule has 0 radical (unpaired) electrons. The molecule has 0 bridgehead atoms. The van der Waals surface area contributed by atoms with Gasteiger partial charge in [-0.1, -0.05) is 30.0 Å². The quantitative estimate of drug-likeness (QED) is 0.506. The minimum atomic E-state index is 0.0135. The van der Waals surface area contributed by atoms with E-state index in [4.69, 9.17) is 4.42 Å². The second kappa shape index (κ2) is 6.84. The Kier molecular flexibility index (Phi) is 4.38. The van der Waals surface area contributed by atoms with Crippen molar-refractivity contribution in [2.24, 2.45) is 0 Å². The molecule has 0 aliphatic heterocycles. The number of hydrogen-bond acceptors (Lipinski definition) is 5. The molecule has 0 saturated heterocycles. The Labute approximate surface area is 154 Å². The van der Waals surface area contributed by atoms with Gasteiger partial charge < -0.3 is 9.32 Å². The Balaban J connectivity index is 1.56. The van der Waals surface area contributed by atoms with E-state index in [1.807, 2.05) is 40.8 Å². The predicted molar refractivity (Wildman–Crippen MR) is 101 cm³/mol. The number of amides is 1. The number of aromatic nitrogens is 3. The van der Waals surface area contributed by atoms with Gasteiger partial charge in [-0.15, -0.1) is 10.2 Å². The van der Waals surface area contributed by atoms with Crippen LogP contribution in [-0.4, -0.2) is 38.2 Å². The molecule has 4 aromatic rings. The number of fused-ring (bicyclic) bond motifs is 3. The first-order chi connectivity index (χ1) is 12.6. The highest BCUT2D eigenvalue weighted by Crippen LogP contribution is 2.25. The molecule has 26 heavy (non-hydrogen) atoms. The maximum Gasteiger partial charge on any atom is 0.233 e. The molecule has 0 unspecified atom stereocenters. The van der Waals surface area contributed by atoms with Crippen molar-refractivity contribution in [3.8, 4) is 0 Å². The number of furan rings is 1. The Morgan fingerprint density at radius 3 is 2.88 bits per heavy atom. The summed E-state index contributed by atoms with van der Waals surface area (Å²) in [6.45, 7) is 2.52. The fraction of sp³-hybridized carbons (Fsp3) is 0.211. The van der Waals surface area contributed by atoms with Gasteiger partial charge in [0.1, 0.15) is 5.76 Å². The monoisotopic (exact) mass is 366 g/mol. The van der Waals surface area contributed by atoms with E-state index < -0.39 is 0 Å². The average Bonchev–Trinajstić information content (AvgIpc) is 3.29. The first-order valence-electron chi connectivity index (χ1n) is 8.26. The second-order valence-electron chi connectivity index (χ2n) is 6.14. The lowest BCUT2D eigenvalue weighted by atomic mass is 10.1. The molecule has 0 saturated carbocycles. The van der Waals surface area contributed by atoms with Gasteiger partial charge in [0.15, 0.2) is 10.8 Å². The van der Waals surface area contributed by atoms with Crippen LogP contribution < -0.4 is 0 Å². The molecule has 7 heteroatoms. The van der Waals surface area contributed by atoms with Crippen LogP contribution in [-0.2, 0) is 11.3 Å². The van der Waals surface area contributed by atoms with Gasteiger partial charge in [-0.05, 0) is 36.8 Å². The number of nitrogens with zero attached hydrogens (tertiary/aromatic N) is 4. The third-order valence-electron chi connectivity index (χ3n) is 4.30. The highest BCUT2D eigenvalue weighted by atomic mass is 32.2. The minimum absolute atomic E-state index is 0.0135. The molecule has 0 atom stereocenters. The summed E-state index contributed by atoms with van der Waals surface area (Å²) >= 11 is 1.39. The van der Waals surface area contributed by atoms with Crippen LogP contribution in [0.25, 0.3) is 16.6 Å². The summed E-state index contributed by atoms with van der Waals surface area (Å²) in [6.07, 6.45) is 1.61. The van der Waals surface area contributed by atoms with Gasteiger partial charge in [-0.3, -0.25) is 9.20 Å². The van der Waals surface area contributed by atoms with E-state index in [0.717, 1.165) is 33.0 Å². The third-order valence-corrected chi connectivity index (χ3v) is 5.21. The number of aryl methyl sites for hydroxylation is 1. The molecule has 132 valence electrons. The van der Waals surface area contributed by atoms with E-state index in [9.17, 15) is 4.79 Å². The van der Waals surface area contributed by atoms with Crippen molar-refractivity contribution in [3.63, 3.8) is 0 Å². The SMILES string of the molecule is Cc1cc2nnc(SCC(=O)N(C)Cc3ccco3)n2c2ccccc12. The molecule has 0 fully saturated rings. The van der Waals surface area contributed by atoms with Crippen LogP contribution in [0.3, 0.4) is 0 Å². The zero-order valence-electron chi connectivity index (χ0n) is 14.5. The number of carbonyl (C=O) groups is 1. The van der Waals surface area contributed by atoms with Crippen molar-refractivity contribution in [1.82, 2.24) is 19.5 Å². The van der Waals surface area contributed by atoms with E-state index in [0.29, 0.717) is 12.3 Å². The maximum absolute atomic E-state index is 12.4. The lowest BCUT2D eigenvalue weighted by molar-refractivity contribution is -0.127. The van der Waals surface area contributed by atoms with Crippen LogP contribution in [0.2, 0.25) is 0 Å². The van der Waals surface area contributed by atoms with Crippen molar-refractivity contribution < 1.29 is 9.21 Å². The first-order valence-corrected chi connectivity index (χ1v) is 9.24. The van der Waals surface area contributed by atoms with Gasteiger partial charge >= 0.3 is 0 Å². The third kappa shape index (κ3) is 3.06. The van der Waals surface area contributed by atoms with Gasteiger partial charge in [0.2, 0.25) is 5.91 Å². The smallest absolute Gasteiger partial charge is 0.233 e. The van der Waals surface area contributed by atoms with E-state index >= 15 is 0 Å². The van der Waals surface area contributed by atoms with Crippen LogP contribution in [0.5, 0.6) is 0 Å². The largest absolute Gasteiger partial charge is 0.467 e. The summed E-state index contributed by atoms with van der Waals surface area (Å²) in [5.74, 6) is 1.07. The summed E-state index contributed by atoms with van der Waals surface area (Å²) in [4.78, 5) is 14.1. The number of hydrogen-bond donors (Lipinski definition) is 0. The standard InChI is InChI=1S/C19H18N4O2S/c1-13-10-17-20-21-19(23(17)16-8-4-3-7-15(13)16)26-12-18(24)22(2)11-14-6-5-9-25-14/h3-10H,11-12H2,1-2H3. The Morgan fingerprint density at radius 1 is 1.23 bits per heavy atom. The summed E-state index contributed by atoms with van der Waals surface area (Å²) in [5, 5.41) is 10.4. The summed E-state index contributed by atoms with van der Waals surface area (Å²) in [7, 11) is 1.77. The number of pyridine rings is 1. The predicted octanol–water partition coefficient (Wildman–Crippen LogP) is 3.53. The zero-order chi connectivity index (χ0) is 18.1. The molecule has 1 aromatic carbocycles. The van der Waals surface area contributed by atoms with Crippen molar-refractivity contribution in [2.45, 2.75) is 18.6 Å². The van der Waals surface area contributed by atoms with Crippen LogP contribution in [0.4, 0.5) is 0 Å². The molecule has 0 N–H and O–H groups in total. The van der Waals surface area contributed by atoms with Crippen molar-refractivity contribution in [1.29, 1.82) is 0 Å². The van der Waals surface area contributed by atoms with Gasteiger partial charge in [0.25, 0.3) is 0 Å². The number of thioether (sulfide) groups is 1. The van der Waals surface area contributed by atoms with Crippen LogP contribution in [0.15, 0.2) is 58.3 Å². The first kappa shape index (κ1) is 16.7. The highest BCUT2D eigenvalue weighted by Gasteiger charge is 2.15. The lowest BCUT2D eigenvalue weighted by Gasteiger charge is -2.15. The van der Waals surface area contributed by atoms with Crippen LogP contribution >= 0.6 is 11.8 Å². The average molecular weight is 366 g/mol. The summed E-state index contributed by atoms with van der Waals surface area (Å²) in [6, 6.07) is 13.8. The molecule has 4 rings (SSSR count). The minimum Gasteiger partial charge on any atom is -0.467 e. The number of rotatable bonds is 5. The molecule has 1 amide bonds. The van der Waals surface area contributed by atoms with Crippen LogP contribution in [0, 0.1) is 6.92 Å². The Morgan fingerprint density at radius 2 is 2.08 bits per heavy atom. The van der Waals surface area contributed by atoms with Gasteiger partial charge in [0, 0.05) is 12.4 Å². The number of para-hydroxylation sites is 1. The second-order valence-corrected chi connectivity index (χ2v) is 7.08. The normalized spacial score (nSPS) is 11.3. The van der Waals surface area contributed by atoms with E-state index in [1.54, 1.807) is 18.2 Å². The number of carbonyl (C=O) groups excluding carboxylic acids is 1. The van der Waals surface area contributed by atoms with E-state index in [1.165, 1.54) is 11.8 Å². The van der Waals surface area contributed by atoms with Gasteiger partial charge in [-0.2, -0.15) is 0 Å².